The van der Waals surface area contributed by atoms with Crippen LogP contribution in [0.3, 0.4) is 0 Å². The second kappa shape index (κ2) is 5.88. The number of nitrogens with zero attached hydrogens (tertiary/aromatic N) is 2. The summed E-state index contributed by atoms with van der Waals surface area (Å²) in [5.41, 5.74) is 1.56. The van der Waals surface area contributed by atoms with Gasteiger partial charge in [0.1, 0.15) is 0 Å². The topological polar surface area (TPSA) is 45.2 Å². The molecule has 104 valence electrons. The molecular weight excluding hydrogens is 281 g/mol. The fourth-order valence-electron chi connectivity index (χ4n) is 1.74. The minimum Gasteiger partial charge on any atom is -0.376 e. The van der Waals surface area contributed by atoms with Crippen molar-refractivity contribution >= 4 is 28.9 Å². The molecular formula is C14H13ClFN3O. The van der Waals surface area contributed by atoms with E-state index in [9.17, 15) is 9.18 Å². The maximum absolute atomic E-state index is 13.0. The van der Waals surface area contributed by atoms with Crippen LogP contribution in [0.2, 0.25) is 5.02 Å². The molecule has 1 aromatic heterocycles. The van der Waals surface area contributed by atoms with Gasteiger partial charge >= 0.3 is 0 Å². The Morgan fingerprint density at radius 1 is 1.30 bits per heavy atom. The van der Waals surface area contributed by atoms with Crippen molar-refractivity contribution in [3.8, 4) is 0 Å². The van der Waals surface area contributed by atoms with Gasteiger partial charge in [-0.05, 0) is 24.3 Å². The zero-order valence-corrected chi connectivity index (χ0v) is 11.8. The van der Waals surface area contributed by atoms with Crippen LogP contribution in [0.4, 0.5) is 15.8 Å². The summed E-state index contributed by atoms with van der Waals surface area (Å²) in [6.45, 7) is 0. The minimum atomic E-state index is -0.698. The van der Waals surface area contributed by atoms with E-state index in [4.69, 9.17) is 11.6 Å². The Bertz CT molecular complexity index is 646. The zero-order valence-electron chi connectivity index (χ0n) is 11.0. The van der Waals surface area contributed by atoms with E-state index in [-0.39, 0.29) is 5.56 Å². The summed E-state index contributed by atoms with van der Waals surface area (Å²) in [6, 6.07) is 7.70. The van der Waals surface area contributed by atoms with Gasteiger partial charge in [0.25, 0.3) is 5.91 Å². The van der Waals surface area contributed by atoms with Crippen LogP contribution in [0.1, 0.15) is 10.4 Å². The van der Waals surface area contributed by atoms with Crippen molar-refractivity contribution in [1.29, 1.82) is 0 Å². The van der Waals surface area contributed by atoms with E-state index in [1.807, 2.05) is 19.0 Å². The van der Waals surface area contributed by atoms with Gasteiger partial charge in [-0.2, -0.15) is 4.39 Å². The van der Waals surface area contributed by atoms with Crippen LogP contribution < -0.4 is 10.2 Å². The number of anilines is 2. The van der Waals surface area contributed by atoms with Gasteiger partial charge in [-0.1, -0.05) is 11.6 Å². The average Bonchev–Trinajstić information content (AvgIpc) is 2.38. The van der Waals surface area contributed by atoms with Gasteiger partial charge in [-0.3, -0.25) is 4.79 Å². The number of halogens is 2. The average molecular weight is 294 g/mol. The summed E-state index contributed by atoms with van der Waals surface area (Å²) in [6.07, 6.45) is 1.25. The normalized spacial score (nSPS) is 10.2. The quantitative estimate of drug-likeness (QED) is 0.884. The van der Waals surface area contributed by atoms with Gasteiger partial charge in [0, 0.05) is 36.9 Å². The zero-order chi connectivity index (χ0) is 14.7. The first-order chi connectivity index (χ1) is 9.47. The number of carbonyl (C=O) groups excluding carboxylic acids is 1. The molecule has 0 atom stereocenters. The Morgan fingerprint density at radius 3 is 2.70 bits per heavy atom. The number of hydrogen-bond donors (Lipinski definition) is 1. The van der Waals surface area contributed by atoms with Crippen molar-refractivity contribution in [1.82, 2.24) is 4.98 Å². The first-order valence-electron chi connectivity index (χ1n) is 5.87. The molecule has 0 unspecified atom stereocenters. The predicted molar refractivity (Wildman–Crippen MR) is 77.9 cm³/mol. The number of aromatic nitrogens is 1. The molecule has 0 aliphatic carbocycles. The molecule has 4 nitrogen and oxygen atoms in total. The summed E-state index contributed by atoms with van der Waals surface area (Å²) in [5.74, 6) is -1.12. The molecule has 0 spiro atoms. The Kier molecular flexibility index (Phi) is 4.20. The van der Waals surface area contributed by atoms with E-state index in [1.165, 1.54) is 12.3 Å². The Morgan fingerprint density at radius 2 is 2.05 bits per heavy atom. The second-order valence-corrected chi connectivity index (χ2v) is 4.81. The van der Waals surface area contributed by atoms with E-state index in [0.717, 1.165) is 11.8 Å². The molecule has 0 saturated heterocycles. The number of pyridine rings is 1. The lowest BCUT2D eigenvalue weighted by Gasteiger charge is -2.18. The minimum absolute atomic E-state index is 0.196. The second-order valence-electron chi connectivity index (χ2n) is 4.38. The Hall–Kier alpha value is -2.14. The van der Waals surface area contributed by atoms with Crippen molar-refractivity contribution in [3.63, 3.8) is 0 Å². The smallest absolute Gasteiger partial charge is 0.255 e. The van der Waals surface area contributed by atoms with Gasteiger partial charge in [0.15, 0.2) is 0 Å². The molecule has 2 rings (SSSR count). The first kappa shape index (κ1) is 14.3. The molecule has 0 saturated carbocycles. The lowest BCUT2D eigenvalue weighted by molar-refractivity contribution is 0.102. The lowest BCUT2D eigenvalue weighted by atomic mass is 10.2. The highest BCUT2D eigenvalue weighted by Gasteiger charge is 2.11. The summed E-state index contributed by atoms with van der Waals surface area (Å²) in [7, 11) is 3.70. The molecule has 0 bridgehead atoms. The number of benzene rings is 1. The molecule has 1 aromatic carbocycles. The molecule has 1 heterocycles. The third-order valence-electron chi connectivity index (χ3n) is 2.68. The van der Waals surface area contributed by atoms with Gasteiger partial charge < -0.3 is 10.2 Å². The summed E-state index contributed by atoms with van der Waals surface area (Å²) in [4.78, 5) is 17.3. The molecule has 1 N–H and O–H groups in total. The van der Waals surface area contributed by atoms with Crippen LogP contribution in [0, 0.1) is 5.95 Å². The van der Waals surface area contributed by atoms with E-state index in [1.54, 1.807) is 18.2 Å². The highest BCUT2D eigenvalue weighted by atomic mass is 35.5. The molecule has 1 amide bonds. The molecule has 0 aliphatic heterocycles. The van der Waals surface area contributed by atoms with Crippen molar-refractivity contribution in [2.75, 3.05) is 24.3 Å². The number of amides is 1. The lowest BCUT2D eigenvalue weighted by Crippen LogP contribution is -2.17. The molecule has 2 aromatic rings. The maximum Gasteiger partial charge on any atom is 0.255 e. The van der Waals surface area contributed by atoms with E-state index in [2.05, 4.69) is 10.3 Å². The van der Waals surface area contributed by atoms with Crippen LogP contribution in [-0.4, -0.2) is 25.0 Å². The molecule has 0 radical (unpaired) electrons. The van der Waals surface area contributed by atoms with E-state index < -0.39 is 11.9 Å². The van der Waals surface area contributed by atoms with E-state index >= 15 is 0 Å². The number of carbonyl (C=O) groups is 1. The Balaban J connectivity index is 2.30. The molecule has 0 fully saturated rings. The first-order valence-corrected chi connectivity index (χ1v) is 6.25. The number of rotatable bonds is 3. The van der Waals surface area contributed by atoms with Gasteiger partial charge in [-0.15, -0.1) is 0 Å². The van der Waals surface area contributed by atoms with Crippen molar-refractivity contribution in [2.24, 2.45) is 0 Å². The third-order valence-corrected chi connectivity index (χ3v) is 2.91. The molecule has 20 heavy (non-hydrogen) atoms. The number of nitrogens with one attached hydrogen (secondary N) is 1. The highest BCUT2D eigenvalue weighted by Crippen LogP contribution is 2.28. The van der Waals surface area contributed by atoms with Crippen LogP contribution in [-0.2, 0) is 0 Å². The fourth-order valence-corrected chi connectivity index (χ4v) is 1.91. The van der Waals surface area contributed by atoms with E-state index in [0.29, 0.717) is 10.7 Å². The summed E-state index contributed by atoms with van der Waals surface area (Å²) < 4.78 is 13.0. The van der Waals surface area contributed by atoms with Crippen molar-refractivity contribution in [3.05, 3.63) is 53.1 Å². The van der Waals surface area contributed by atoms with Crippen LogP contribution in [0.25, 0.3) is 0 Å². The third kappa shape index (κ3) is 3.24. The van der Waals surface area contributed by atoms with Crippen LogP contribution in [0.5, 0.6) is 0 Å². The summed E-state index contributed by atoms with van der Waals surface area (Å²) in [5, 5.41) is 3.22. The van der Waals surface area contributed by atoms with Crippen LogP contribution >= 0.6 is 11.6 Å². The van der Waals surface area contributed by atoms with Gasteiger partial charge in [0.2, 0.25) is 5.95 Å². The highest BCUT2D eigenvalue weighted by molar-refractivity contribution is 6.31. The number of hydrogen-bond acceptors (Lipinski definition) is 3. The molecule has 6 heteroatoms. The van der Waals surface area contributed by atoms with Gasteiger partial charge in [0.05, 0.1) is 11.4 Å². The monoisotopic (exact) mass is 293 g/mol. The fraction of sp³-hybridized carbons (Fsp3) is 0.143. The van der Waals surface area contributed by atoms with Crippen molar-refractivity contribution in [2.45, 2.75) is 0 Å². The summed E-state index contributed by atoms with van der Waals surface area (Å²) >= 11 is 5.94. The maximum atomic E-state index is 13.0. The largest absolute Gasteiger partial charge is 0.376 e. The Labute approximate surface area is 121 Å². The van der Waals surface area contributed by atoms with Crippen molar-refractivity contribution < 1.29 is 9.18 Å². The van der Waals surface area contributed by atoms with Gasteiger partial charge in [-0.25, -0.2) is 4.98 Å². The predicted octanol–water partition coefficient (Wildman–Crippen LogP) is 3.19. The van der Waals surface area contributed by atoms with Crippen LogP contribution in [0.15, 0.2) is 36.5 Å². The standard InChI is InChI=1S/C14H13ClFN3O/c1-19(2)12-4-3-10(15)8-11(12)18-14(20)9-5-6-17-13(16)7-9/h3-8H,1-2H3,(H,18,20). The molecule has 0 aliphatic rings. The SMILES string of the molecule is CN(C)c1ccc(Cl)cc1NC(=O)c1ccnc(F)c1.